The number of ether oxygens (including phenoxy) is 2. The van der Waals surface area contributed by atoms with Gasteiger partial charge in [0.05, 0.1) is 19.9 Å². The third-order valence-electron chi connectivity index (χ3n) is 4.32. The van der Waals surface area contributed by atoms with Crippen LogP contribution in [0, 0.1) is 12.8 Å². The molecule has 0 amide bonds. The lowest BCUT2D eigenvalue weighted by Crippen LogP contribution is -2.18. The highest BCUT2D eigenvalue weighted by atomic mass is 16.5. The molecule has 5 nitrogen and oxygen atoms in total. The van der Waals surface area contributed by atoms with E-state index >= 15 is 0 Å². The van der Waals surface area contributed by atoms with Gasteiger partial charge in [0.15, 0.2) is 11.5 Å². The van der Waals surface area contributed by atoms with E-state index in [0.717, 1.165) is 24.6 Å². The molecule has 1 aromatic heterocycles. The van der Waals surface area contributed by atoms with E-state index in [0.29, 0.717) is 12.5 Å². The smallest absolute Gasteiger partial charge is 0.161 e. The topological polar surface area (TPSA) is 48.3 Å². The van der Waals surface area contributed by atoms with Crippen molar-refractivity contribution < 1.29 is 9.47 Å². The number of rotatable bonds is 9. The highest BCUT2D eigenvalue weighted by molar-refractivity contribution is 5.43. The Hall–Kier alpha value is -2.01. The fraction of sp³-hybridized carbons (Fsp3) is 0.550. The molecule has 0 radical (unpaired) electrons. The normalized spacial score (nSPS) is 12.4. The van der Waals surface area contributed by atoms with Crippen LogP contribution in [-0.2, 0) is 13.1 Å². The maximum atomic E-state index is 5.81. The van der Waals surface area contributed by atoms with Crippen molar-refractivity contribution in [2.24, 2.45) is 5.92 Å². The zero-order valence-electron chi connectivity index (χ0n) is 16.3. The van der Waals surface area contributed by atoms with Crippen molar-refractivity contribution in [2.75, 3.05) is 13.7 Å². The van der Waals surface area contributed by atoms with Crippen LogP contribution < -0.4 is 14.8 Å². The largest absolute Gasteiger partial charge is 0.493 e. The lowest BCUT2D eigenvalue weighted by atomic mass is 10.1. The van der Waals surface area contributed by atoms with Gasteiger partial charge in [0.25, 0.3) is 0 Å². The molecule has 2 rings (SSSR count). The molecule has 1 N–H and O–H groups in total. The molecular formula is C20H31N3O2. The minimum atomic E-state index is 0.239. The van der Waals surface area contributed by atoms with E-state index in [1.165, 1.54) is 16.8 Å². The summed E-state index contributed by atoms with van der Waals surface area (Å²) in [4.78, 5) is 0. The molecule has 25 heavy (non-hydrogen) atoms. The van der Waals surface area contributed by atoms with E-state index in [2.05, 4.69) is 51.1 Å². The van der Waals surface area contributed by atoms with Gasteiger partial charge in [-0.15, -0.1) is 0 Å². The van der Waals surface area contributed by atoms with Gasteiger partial charge in [-0.1, -0.05) is 19.9 Å². The van der Waals surface area contributed by atoms with Crippen molar-refractivity contribution in [3.8, 4) is 11.5 Å². The molecule has 0 spiro atoms. The summed E-state index contributed by atoms with van der Waals surface area (Å²) in [5.41, 5.74) is 3.63. The predicted molar refractivity (Wildman–Crippen MR) is 101 cm³/mol. The SMILES string of the molecule is CCn1ncc(C(C)NCc2ccc(OCC(C)C)c(OC)c2)c1C. The van der Waals surface area contributed by atoms with Crippen molar-refractivity contribution in [1.29, 1.82) is 0 Å². The quantitative estimate of drug-likeness (QED) is 0.743. The van der Waals surface area contributed by atoms with Crippen LogP contribution in [0.5, 0.6) is 11.5 Å². The van der Waals surface area contributed by atoms with Gasteiger partial charge in [0, 0.05) is 30.4 Å². The summed E-state index contributed by atoms with van der Waals surface area (Å²) in [6.45, 7) is 13.0. The van der Waals surface area contributed by atoms with Gasteiger partial charge in [-0.05, 0) is 44.4 Å². The average molecular weight is 345 g/mol. The van der Waals surface area contributed by atoms with Crippen LogP contribution in [0.15, 0.2) is 24.4 Å². The molecular weight excluding hydrogens is 314 g/mol. The van der Waals surface area contributed by atoms with Crippen LogP contribution in [0.3, 0.4) is 0 Å². The summed E-state index contributed by atoms with van der Waals surface area (Å²) < 4.78 is 13.3. The Kier molecular flexibility index (Phi) is 6.88. The maximum absolute atomic E-state index is 5.81. The molecule has 5 heteroatoms. The Labute approximate surface area is 151 Å². The van der Waals surface area contributed by atoms with Crippen LogP contribution in [0.4, 0.5) is 0 Å². The Morgan fingerprint density at radius 3 is 2.56 bits per heavy atom. The number of hydrogen-bond acceptors (Lipinski definition) is 4. The number of hydrogen-bond donors (Lipinski definition) is 1. The lowest BCUT2D eigenvalue weighted by Gasteiger charge is -2.16. The van der Waals surface area contributed by atoms with Crippen molar-refractivity contribution in [3.05, 3.63) is 41.2 Å². The minimum Gasteiger partial charge on any atom is -0.493 e. The van der Waals surface area contributed by atoms with Crippen molar-refractivity contribution in [3.63, 3.8) is 0 Å². The van der Waals surface area contributed by atoms with Crippen LogP contribution >= 0.6 is 0 Å². The molecule has 2 aromatic rings. The van der Waals surface area contributed by atoms with Gasteiger partial charge < -0.3 is 14.8 Å². The number of aromatic nitrogens is 2. The molecule has 1 aromatic carbocycles. The second-order valence-electron chi connectivity index (χ2n) is 6.79. The Bertz CT molecular complexity index is 680. The van der Waals surface area contributed by atoms with Gasteiger partial charge in [-0.25, -0.2) is 0 Å². The van der Waals surface area contributed by atoms with Gasteiger partial charge in [0.2, 0.25) is 0 Å². The highest BCUT2D eigenvalue weighted by Crippen LogP contribution is 2.29. The number of benzene rings is 1. The molecule has 0 fully saturated rings. The van der Waals surface area contributed by atoms with Crippen LogP contribution in [0.1, 0.15) is 50.6 Å². The first-order chi connectivity index (χ1) is 12.0. The van der Waals surface area contributed by atoms with Gasteiger partial charge >= 0.3 is 0 Å². The fourth-order valence-corrected chi connectivity index (χ4v) is 2.78. The zero-order valence-corrected chi connectivity index (χ0v) is 16.3. The molecule has 0 saturated heterocycles. The number of aryl methyl sites for hydroxylation is 1. The van der Waals surface area contributed by atoms with Crippen LogP contribution in [0.2, 0.25) is 0 Å². The minimum absolute atomic E-state index is 0.239. The Morgan fingerprint density at radius 2 is 1.96 bits per heavy atom. The summed E-state index contributed by atoms with van der Waals surface area (Å²) in [7, 11) is 1.68. The first-order valence-electron chi connectivity index (χ1n) is 9.01. The third kappa shape index (κ3) is 4.98. The predicted octanol–water partition coefficient (Wildman–Crippen LogP) is 4.11. The second-order valence-corrected chi connectivity index (χ2v) is 6.79. The van der Waals surface area contributed by atoms with Crippen molar-refractivity contribution in [2.45, 2.75) is 53.8 Å². The summed E-state index contributed by atoms with van der Waals surface area (Å²) >= 11 is 0. The summed E-state index contributed by atoms with van der Waals surface area (Å²) in [5.74, 6) is 2.06. The standard InChI is InChI=1S/C20H31N3O2/c1-7-23-16(5)18(12-22-23)15(4)21-11-17-8-9-19(20(10-17)24-6)25-13-14(2)3/h8-10,12,14-15,21H,7,11,13H2,1-6H3. The van der Waals surface area contributed by atoms with E-state index in [4.69, 9.17) is 9.47 Å². The van der Waals surface area contributed by atoms with Gasteiger partial charge in [-0.2, -0.15) is 5.10 Å². The molecule has 0 bridgehead atoms. The first kappa shape index (κ1) is 19.3. The number of nitrogens with zero attached hydrogens (tertiary/aromatic N) is 2. The molecule has 1 unspecified atom stereocenters. The fourth-order valence-electron chi connectivity index (χ4n) is 2.78. The number of methoxy groups -OCH3 is 1. The first-order valence-corrected chi connectivity index (χ1v) is 9.01. The molecule has 138 valence electrons. The summed E-state index contributed by atoms with van der Waals surface area (Å²) in [6.07, 6.45) is 1.96. The summed E-state index contributed by atoms with van der Waals surface area (Å²) in [5, 5.41) is 7.99. The zero-order chi connectivity index (χ0) is 18.4. The summed E-state index contributed by atoms with van der Waals surface area (Å²) in [6, 6.07) is 6.35. The monoisotopic (exact) mass is 345 g/mol. The average Bonchev–Trinajstić information content (AvgIpc) is 2.98. The molecule has 1 atom stereocenters. The second kappa shape index (κ2) is 8.90. The van der Waals surface area contributed by atoms with Crippen molar-refractivity contribution in [1.82, 2.24) is 15.1 Å². The number of nitrogens with one attached hydrogen (secondary N) is 1. The van der Waals surface area contributed by atoms with Crippen LogP contribution in [-0.4, -0.2) is 23.5 Å². The molecule has 0 aliphatic heterocycles. The highest BCUT2D eigenvalue weighted by Gasteiger charge is 2.13. The Morgan fingerprint density at radius 1 is 1.20 bits per heavy atom. The van der Waals surface area contributed by atoms with Crippen molar-refractivity contribution >= 4 is 0 Å². The molecule has 0 saturated carbocycles. The van der Waals surface area contributed by atoms with E-state index in [9.17, 15) is 0 Å². The van der Waals surface area contributed by atoms with E-state index in [-0.39, 0.29) is 6.04 Å². The molecule has 0 aliphatic carbocycles. The van der Waals surface area contributed by atoms with Gasteiger partial charge in [0.1, 0.15) is 0 Å². The maximum Gasteiger partial charge on any atom is 0.161 e. The van der Waals surface area contributed by atoms with E-state index in [1.807, 2.05) is 23.0 Å². The van der Waals surface area contributed by atoms with E-state index < -0.39 is 0 Å². The lowest BCUT2D eigenvalue weighted by molar-refractivity contribution is 0.256. The van der Waals surface area contributed by atoms with Crippen LogP contribution in [0.25, 0.3) is 0 Å². The van der Waals surface area contributed by atoms with E-state index in [1.54, 1.807) is 7.11 Å². The molecule has 1 heterocycles. The molecule has 0 aliphatic rings. The van der Waals surface area contributed by atoms with Gasteiger partial charge in [-0.3, -0.25) is 4.68 Å². The Balaban J connectivity index is 2.01. The third-order valence-corrected chi connectivity index (χ3v) is 4.32.